The van der Waals surface area contributed by atoms with Crippen molar-refractivity contribution in [3.05, 3.63) is 35.2 Å². The minimum Gasteiger partial charge on any atom is -0.338 e. The van der Waals surface area contributed by atoms with Crippen LogP contribution < -0.4 is 5.73 Å². The van der Waals surface area contributed by atoms with Crippen LogP contribution in [0.5, 0.6) is 0 Å². The molecule has 0 fully saturated rings. The highest BCUT2D eigenvalue weighted by atomic mass is 35.5. The molecule has 2 rings (SSSR count). The molecule has 0 spiro atoms. The van der Waals surface area contributed by atoms with E-state index in [4.69, 9.17) is 21.9 Å². The fourth-order valence-electron chi connectivity index (χ4n) is 1.74. The number of halogens is 1. The fourth-order valence-corrected chi connectivity index (χ4v) is 1.96. The zero-order valence-electron chi connectivity index (χ0n) is 10.8. The molecule has 0 aliphatic rings. The molecule has 0 saturated carbocycles. The third-order valence-corrected chi connectivity index (χ3v) is 3.06. The lowest BCUT2D eigenvalue weighted by atomic mass is 10.2. The molecule has 0 radical (unpaired) electrons. The van der Waals surface area contributed by atoms with Crippen molar-refractivity contribution in [2.24, 2.45) is 5.73 Å². The van der Waals surface area contributed by atoms with E-state index in [-0.39, 0.29) is 0 Å². The number of nitrogens with zero attached hydrogens (tertiary/aromatic N) is 3. The number of hydrogen-bond donors (Lipinski definition) is 1. The molecular formula is C13H17ClN4O. The van der Waals surface area contributed by atoms with Crippen molar-refractivity contribution in [3.63, 3.8) is 0 Å². The van der Waals surface area contributed by atoms with Crippen molar-refractivity contribution in [3.8, 4) is 11.4 Å². The summed E-state index contributed by atoms with van der Waals surface area (Å²) in [5, 5.41) is 4.58. The Bertz CT molecular complexity index is 529. The lowest BCUT2D eigenvalue weighted by Gasteiger charge is -2.12. The Balaban J connectivity index is 2.05. The van der Waals surface area contributed by atoms with Gasteiger partial charge in [-0.3, -0.25) is 4.90 Å². The number of benzene rings is 1. The molecule has 0 unspecified atom stereocenters. The third-order valence-electron chi connectivity index (χ3n) is 2.73. The molecule has 5 nitrogen and oxygen atoms in total. The van der Waals surface area contributed by atoms with Crippen LogP contribution in [-0.4, -0.2) is 35.2 Å². The van der Waals surface area contributed by atoms with Gasteiger partial charge in [0.1, 0.15) is 0 Å². The molecule has 102 valence electrons. The second-order valence-electron chi connectivity index (χ2n) is 4.37. The van der Waals surface area contributed by atoms with Gasteiger partial charge < -0.3 is 10.3 Å². The van der Waals surface area contributed by atoms with E-state index in [9.17, 15) is 0 Å². The first-order chi connectivity index (χ1) is 9.20. The first kappa shape index (κ1) is 14.0. The highest BCUT2D eigenvalue weighted by Gasteiger charge is 2.12. The van der Waals surface area contributed by atoms with Crippen LogP contribution in [0.15, 0.2) is 28.8 Å². The Morgan fingerprint density at radius 1 is 1.37 bits per heavy atom. The summed E-state index contributed by atoms with van der Waals surface area (Å²) in [6.07, 6.45) is 0.946. The summed E-state index contributed by atoms with van der Waals surface area (Å²) >= 11 is 6.10. The average Bonchev–Trinajstić information content (AvgIpc) is 2.85. The Morgan fingerprint density at radius 2 is 2.16 bits per heavy atom. The van der Waals surface area contributed by atoms with E-state index in [1.54, 1.807) is 6.07 Å². The summed E-state index contributed by atoms with van der Waals surface area (Å²) in [6, 6.07) is 7.44. The summed E-state index contributed by atoms with van der Waals surface area (Å²) in [5.41, 5.74) is 6.26. The maximum absolute atomic E-state index is 6.10. The van der Waals surface area contributed by atoms with Gasteiger partial charge in [-0.2, -0.15) is 4.98 Å². The van der Waals surface area contributed by atoms with Crippen LogP contribution in [0.2, 0.25) is 5.02 Å². The van der Waals surface area contributed by atoms with Crippen molar-refractivity contribution < 1.29 is 4.52 Å². The molecule has 0 aliphatic carbocycles. The van der Waals surface area contributed by atoms with E-state index in [1.165, 1.54) is 0 Å². The van der Waals surface area contributed by atoms with E-state index >= 15 is 0 Å². The van der Waals surface area contributed by atoms with Gasteiger partial charge in [0.2, 0.25) is 11.7 Å². The summed E-state index contributed by atoms with van der Waals surface area (Å²) in [6.45, 7) is 2.19. The van der Waals surface area contributed by atoms with Crippen molar-refractivity contribution in [2.45, 2.75) is 13.0 Å². The van der Waals surface area contributed by atoms with E-state index < -0.39 is 0 Å². The normalized spacial score (nSPS) is 11.2. The second kappa shape index (κ2) is 6.65. The molecular weight excluding hydrogens is 264 g/mol. The molecule has 6 heteroatoms. The predicted molar refractivity (Wildman–Crippen MR) is 74.7 cm³/mol. The van der Waals surface area contributed by atoms with Gasteiger partial charge in [0.25, 0.3) is 0 Å². The molecule has 0 atom stereocenters. The summed E-state index contributed by atoms with van der Waals surface area (Å²) < 4.78 is 5.23. The lowest BCUT2D eigenvalue weighted by Crippen LogP contribution is -2.21. The first-order valence-electron chi connectivity index (χ1n) is 6.17. The summed E-state index contributed by atoms with van der Waals surface area (Å²) in [4.78, 5) is 6.45. The minimum atomic E-state index is 0.521. The number of rotatable bonds is 6. The molecule has 19 heavy (non-hydrogen) atoms. The summed E-state index contributed by atoms with van der Waals surface area (Å²) in [5.74, 6) is 1.10. The van der Waals surface area contributed by atoms with E-state index in [0.717, 1.165) is 18.5 Å². The Morgan fingerprint density at radius 3 is 2.89 bits per heavy atom. The fraction of sp³-hybridized carbons (Fsp3) is 0.385. The van der Waals surface area contributed by atoms with Crippen LogP contribution in [0, 0.1) is 0 Å². The largest absolute Gasteiger partial charge is 0.338 e. The van der Waals surface area contributed by atoms with Gasteiger partial charge in [-0.1, -0.05) is 28.9 Å². The second-order valence-corrected chi connectivity index (χ2v) is 4.78. The van der Waals surface area contributed by atoms with Gasteiger partial charge in [-0.15, -0.1) is 0 Å². The number of aromatic nitrogens is 2. The highest BCUT2D eigenvalue weighted by molar-refractivity contribution is 6.33. The SMILES string of the molecule is CN(CCCN)Cc1nc(-c2ccccc2Cl)no1. The van der Waals surface area contributed by atoms with Crippen molar-refractivity contribution in [1.82, 2.24) is 15.0 Å². The van der Waals surface area contributed by atoms with Crippen LogP contribution >= 0.6 is 11.6 Å². The van der Waals surface area contributed by atoms with E-state index in [1.807, 2.05) is 25.2 Å². The first-order valence-corrected chi connectivity index (χ1v) is 6.54. The molecule has 0 saturated heterocycles. The van der Waals surface area contributed by atoms with Crippen LogP contribution in [0.4, 0.5) is 0 Å². The smallest absolute Gasteiger partial charge is 0.241 e. The van der Waals surface area contributed by atoms with Crippen LogP contribution in [0.1, 0.15) is 12.3 Å². The van der Waals surface area contributed by atoms with Gasteiger partial charge in [0.05, 0.1) is 11.6 Å². The monoisotopic (exact) mass is 280 g/mol. The third kappa shape index (κ3) is 3.76. The molecule has 2 N–H and O–H groups in total. The van der Waals surface area contributed by atoms with Gasteiger partial charge in [-0.05, 0) is 38.7 Å². The maximum Gasteiger partial charge on any atom is 0.241 e. The van der Waals surface area contributed by atoms with E-state index in [0.29, 0.717) is 29.8 Å². The molecule has 1 aromatic carbocycles. The molecule has 2 aromatic rings. The standard InChI is InChI=1S/C13H17ClN4O/c1-18(8-4-7-15)9-12-16-13(17-19-12)10-5-2-3-6-11(10)14/h2-3,5-6H,4,7-9,15H2,1H3. The lowest BCUT2D eigenvalue weighted by molar-refractivity contribution is 0.265. The van der Waals surface area contributed by atoms with Gasteiger partial charge in [0.15, 0.2) is 0 Å². The maximum atomic E-state index is 6.10. The molecule has 1 heterocycles. The van der Waals surface area contributed by atoms with Crippen molar-refractivity contribution >= 4 is 11.6 Å². The molecule has 0 aliphatic heterocycles. The zero-order valence-corrected chi connectivity index (χ0v) is 11.6. The molecule has 0 bridgehead atoms. The molecule has 0 amide bonds. The number of hydrogen-bond acceptors (Lipinski definition) is 5. The molecule has 1 aromatic heterocycles. The Hall–Kier alpha value is -1.43. The highest BCUT2D eigenvalue weighted by Crippen LogP contribution is 2.24. The minimum absolute atomic E-state index is 0.521. The topological polar surface area (TPSA) is 68.2 Å². The zero-order chi connectivity index (χ0) is 13.7. The van der Waals surface area contributed by atoms with Crippen LogP contribution in [0.25, 0.3) is 11.4 Å². The Kier molecular flexibility index (Phi) is 4.90. The van der Waals surface area contributed by atoms with E-state index in [2.05, 4.69) is 15.0 Å². The van der Waals surface area contributed by atoms with Gasteiger partial charge >= 0.3 is 0 Å². The number of nitrogens with two attached hydrogens (primary N) is 1. The van der Waals surface area contributed by atoms with Crippen molar-refractivity contribution in [2.75, 3.05) is 20.1 Å². The van der Waals surface area contributed by atoms with Crippen molar-refractivity contribution in [1.29, 1.82) is 0 Å². The summed E-state index contributed by atoms with van der Waals surface area (Å²) in [7, 11) is 2.00. The predicted octanol–water partition coefficient (Wildman–Crippen LogP) is 2.17. The van der Waals surface area contributed by atoms with Gasteiger partial charge in [-0.25, -0.2) is 0 Å². The average molecular weight is 281 g/mol. The van der Waals surface area contributed by atoms with Crippen LogP contribution in [0.3, 0.4) is 0 Å². The Labute approximate surface area is 117 Å². The quantitative estimate of drug-likeness (QED) is 0.878. The van der Waals surface area contributed by atoms with Gasteiger partial charge in [0, 0.05) is 5.56 Å². The van der Waals surface area contributed by atoms with Crippen LogP contribution in [-0.2, 0) is 6.54 Å².